The molecule has 0 aliphatic rings. The minimum atomic E-state index is -0.366. The van der Waals surface area contributed by atoms with Crippen LogP contribution in [-0.2, 0) is 16.2 Å². The van der Waals surface area contributed by atoms with E-state index in [0.29, 0.717) is 25.6 Å². The van der Waals surface area contributed by atoms with Gasteiger partial charge in [0, 0.05) is 21.6 Å². The Morgan fingerprint density at radius 3 is 2.78 bits per heavy atom. The average Bonchev–Trinajstić information content (AvgIpc) is 3.22. The van der Waals surface area contributed by atoms with Crippen molar-refractivity contribution in [1.29, 1.82) is 0 Å². The van der Waals surface area contributed by atoms with Crippen LogP contribution < -0.4 is 0 Å². The van der Waals surface area contributed by atoms with Crippen LogP contribution in [0.3, 0.4) is 0 Å². The van der Waals surface area contributed by atoms with E-state index in [4.69, 9.17) is 9.47 Å². The maximum Gasteiger partial charge on any atom is 0.355 e. The molecule has 0 saturated heterocycles. The van der Waals surface area contributed by atoms with Crippen molar-refractivity contribution in [2.24, 2.45) is 0 Å². The van der Waals surface area contributed by atoms with E-state index in [-0.39, 0.29) is 14.8 Å². The van der Waals surface area contributed by atoms with Crippen LogP contribution in [0.1, 0.15) is 23.1 Å². The van der Waals surface area contributed by atoms with Crippen molar-refractivity contribution in [2.45, 2.75) is 39.7 Å². The van der Waals surface area contributed by atoms with Crippen molar-refractivity contribution in [3.8, 4) is 5.82 Å². The fraction of sp³-hybridized carbons (Fsp3) is 0.421. The van der Waals surface area contributed by atoms with E-state index in [0.717, 1.165) is 28.6 Å². The van der Waals surface area contributed by atoms with Crippen molar-refractivity contribution in [3.05, 3.63) is 42.1 Å². The van der Waals surface area contributed by atoms with E-state index in [1.807, 2.05) is 34.4 Å². The summed E-state index contributed by atoms with van der Waals surface area (Å²) in [5, 5.41) is 0. The van der Waals surface area contributed by atoms with E-state index in [1.54, 1.807) is 19.3 Å². The third-order valence-electron chi connectivity index (χ3n) is 4.17. The fourth-order valence-electron chi connectivity index (χ4n) is 2.76. The highest BCUT2D eigenvalue weighted by molar-refractivity contribution is 6.55. The lowest BCUT2D eigenvalue weighted by atomic mass is 10.3. The van der Waals surface area contributed by atoms with Crippen molar-refractivity contribution in [2.75, 3.05) is 13.2 Å². The van der Waals surface area contributed by atoms with Crippen LogP contribution in [-0.4, -0.2) is 47.1 Å². The van der Waals surface area contributed by atoms with Gasteiger partial charge in [-0.15, -0.1) is 0 Å². The summed E-state index contributed by atoms with van der Waals surface area (Å²) in [5.41, 5.74) is 2.94. The van der Waals surface area contributed by atoms with Crippen molar-refractivity contribution in [1.82, 2.24) is 19.1 Å². The molecular formula is C19H25N4O3Si. The van der Waals surface area contributed by atoms with Gasteiger partial charge in [0.05, 0.1) is 23.3 Å². The van der Waals surface area contributed by atoms with E-state index in [1.165, 1.54) is 0 Å². The molecule has 0 atom stereocenters. The van der Waals surface area contributed by atoms with E-state index in [9.17, 15) is 4.79 Å². The number of carbonyl (C=O) groups is 1. The Morgan fingerprint density at radius 2 is 2.11 bits per heavy atom. The topological polar surface area (TPSA) is 71.2 Å². The summed E-state index contributed by atoms with van der Waals surface area (Å²) < 4.78 is 14.7. The lowest BCUT2D eigenvalue weighted by Crippen LogP contribution is -2.15. The fourth-order valence-corrected chi connectivity index (χ4v) is 3.32. The molecule has 8 heteroatoms. The van der Waals surface area contributed by atoms with Crippen LogP contribution in [0.5, 0.6) is 0 Å². The molecule has 0 N–H and O–H groups in total. The number of aryl methyl sites for hydroxylation is 1. The molecular weight excluding hydrogens is 360 g/mol. The molecule has 0 aliphatic carbocycles. The summed E-state index contributed by atoms with van der Waals surface area (Å²) in [7, 11) is -0.333. The molecule has 0 aliphatic heterocycles. The minimum Gasteiger partial charge on any atom is -0.461 e. The Morgan fingerprint density at radius 1 is 1.30 bits per heavy atom. The molecule has 3 aromatic rings. The molecule has 0 fully saturated rings. The smallest absolute Gasteiger partial charge is 0.355 e. The van der Waals surface area contributed by atoms with Gasteiger partial charge in [0.25, 0.3) is 0 Å². The Kier molecular flexibility index (Phi) is 6.07. The van der Waals surface area contributed by atoms with Crippen LogP contribution in [0.15, 0.2) is 30.7 Å². The lowest BCUT2D eigenvalue weighted by Gasteiger charge is -2.11. The first kappa shape index (κ1) is 19.3. The van der Waals surface area contributed by atoms with Gasteiger partial charge < -0.3 is 14.0 Å². The van der Waals surface area contributed by atoms with Crippen molar-refractivity contribution < 1.29 is 14.3 Å². The van der Waals surface area contributed by atoms with Crippen LogP contribution >= 0.6 is 0 Å². The Balaban J connectivity index is 1.94. The second-order valence-corrected chi connectivity index (χ2v) is 9.58. The molecule has 0 bridgehead atoms. The SMILES string of the molecule is CCOC(=O)c1cc2nc(-n3cnc(C)c3)ccc2n1COCC[Si](C)C. The van der Waals surface area contributed by atoms with Crippen LogP contribution in [0.2, 0.25) is 19.1 Å². The number of carbonyl (C=O) groups excluding carboxylic acids is 1. The molecule has 7 nitrogen and oxygen atoms in total. The van der Waals surface area contributed by atoms with Crippen LogP contribution in [0.4, 0.5) is 0 Å². The lowest BCUT2D eigenvalue weighted by molar-refractivity contribution is 0.0478. The number of nitrogens with zero attached hydrogens (tertiary/aromatic N) is 4. The van der Waals surface area contributed by atoms with Crippen molar-refractivity contribution >= 4 is 25.8 Å². The largest absolute Gasteiger partial charge is 0.461 e. The first-order chi connectivity index (χ1) is 13.0. The second-order valence-electron chi connectivity index (χ2n) is 6.67. The third-order valence-corrected chi connectivity index (χ3v) is 5.37. The average molecular weight is 386 g/mol. The molecule has 27 heavy (non-hydrogen) atoms. The summed E-state index contributed by atoms with van der Waals surface area (Å²) in [6.07, 6.45) is 3.64. The second kappa shape index (κ2) is 8.49. The summed E-state index contributed by atoms with van der Waals surface area (Å²) in [6.45, 7) is 9.55. The van der Waals surface area contributed by atoms with Gasteiger partial charge in [-0.05, 0) is 38.1 Å². The van der Waals surface area contributed by atoms with Gasteiger partial charge in [0.2, 0.25) is 0 Å². The van der Waals surface area contributed by atoms with Gasteiger partial charge in [-0.2, -0.15) is 0 Å². The molecule has 1 radical (unpaired) electrons. The highest BCUT2D eigenvalue weighted by Gasteiger charge is 2.18. The predicted molar refractivity (Wildman–Crippen MR) is 106 cm³/mol. The highest BCUT2D eigenvalue weighted by Crippen LogP contribution is 2.21. The quantitative estimate of drug-likeness (QED) is 0.337. The monoisotopic (exact) mass is 385 g/mol. The molecule has 0 unspecified atom stereocenters. The number of imidazole rings is 1. The highest BCUT2D eigenvalue weighted by atomic mass is 28.3. The first-order valence-corrected chi connectivity index (χ1v) is 11.8. The van der Waals surface area contributed by atoms with Crippen LogP contribution in [0, 0.1) is 6.92 Å². The van der Waals surface area contributed by atoms with Crippen molar-refractivity contribution in [3.63, 3.8) is 0 Å². The Bertz CT molecular complexity index is 932. The molecule has 0 saturated carbocycles. The number of esters is 1. The molecule has 0 spiro atoms. The summed E-state index contributed by atoms with van der Waals surface area (Å²) in [4.78, 5) is 21.3. The van der Waals surface area contributed by atoms with Gasteiger partial charge in [-0.25, -0.2) is 14.8 Å². The maximum atomic E-state index is 12.4. The van der Waals surface area contributed by atoms with E-state index in [2.05, 4.69) is 23.1 Å². The molecule has 143 valence electrons. The predicted octanol–water partition coefficient (Wildman–Crippen LogP) is 3.44. The number of hydrogen-bond donors (Lipinski definition) is 0. The summed E-state index contributed by atoms with van der Waals surface area (Å²) >= 11 is 0. The molecule has 0 amide bonds. The number of pyridine rings is 1. The normalized spacial score (nSPS) is 11.4. The Labute approximate surface area is 160 Å². The standard InChI is InChI=1S/C19H25N4O3Si/c1-5-26-19(24)17-10-15-16(23(17)13-25-8-9-27(3)4)6-7-18(21-15)22-11-14(2)20-12-22/h6-7,10-12H,5,8-9,13H2,1-4H3. The number of fused-ring (bicyclic) bond motifs is 1. The first-order valence-electron chi connectivity index (χ1n) is 9.04. The molecule has 3 heterocycles. The van der Waals surface area contributed by atoms with Gasteiger partial charge in [0.15, 0.2) is 0 Å². The zero-order chi connectivity index (χ0) is 19.4. The van der Waals surface area contributed by atoms with E-state index < -0.39 is 0 Å². The minimum absolute atomic E-state index is 0.304. The van der Waals surface area contributed by atoms with Gasteiger partial charge >= 0.3 is 5.97 Å². The van der Waals surface area contributed by atoms with E-state index >= 15 is 0 Å². The zero-order valence-corrected chi connectivity index (χ0v) is 17.2. The Hall–Kier alpha value is -2.45. The molecule has 3 rings (SSSR count). The number of aromatic nitrogens is 4. The number of rotatable bonds is 8. The van der Waals surface area contributed by atoms with Gasteiger partial charge in [-0.1, -0.05) is 13.1 Å². The van der Waals surface area contributed by atoms with Gasteiger partial charge in [-0.3, -0.25) is 4.57 Å². The molecule has 0 aromatic carbocycles. The number of ether oxygens (including phenoxy) is 2. The zero-order valence-electron chi connectivity index (χ0n) is 16.2. The summed E-state index contributed by atoms with van der Waals surface area (Å²) in [5.74, 6) is 0.385. The third kappa shape index (κ3) is 4.45. The number of hydrogen-bond acceptors (Lipinski definition) is 5. The van der Waals surface area contributed by atoms with Gasteiger partial charge in [0.1, 0.15) is 24.6 Å². The molecule has 3 aromatic heterocycles. The van der Waals surface area contributed by atoms with Crippen LogP contribution in [0.25, 0.3) is 16.9 Å². The maximum absolute atomic E-state index is 12.4. The summed E-state index contributed by atoms with van der Waals surface area (Å²) in [6, 6.07) is 6.70.